The number of hydrogen-bond acceptors (Lipinski definition) is 3. The standard InChI is InChI=1S/C15H22N2O2/c1-12(2)16-7-9-17(10-8-16)14-5-3-13(4-6-14)11-15(18)19/h3-6,12H,7-11H2,1-2H3,(H,18,19). The maximum absolute atomic E-state index is 10.6. The molecule has 0 saturated carbocycles. The van der Waals surface area contributed by atoms with E-state index in [9.17, 15) is 4.79 Å². The zero-order valence-corrected chi connectivity index (χ0v) is 11.7. The van der Waals surface area contributed by atoms with Crippen molar-refractivity contribution < 1.29 is 9.90 Å². The molecule has 1 aliphatic heterocycles. The van der Waals surface area contributed by atoms with Gasteiger partial charge in [-0.05, 0) is 31.5 Å². The van der Waals surface area contributed by atoms with Gasteiger partial charge in [0.25, 0.3) is 0 Å². The maximum atomic E-state index is 10.6. The Hall–Kier alpha value is -1.55. The lowest BCUT2D eigenvalue weighted by molar-refractivity contribution is -0.136. The van der Waals surface area contributed by atoms with Crippen molar-refractivity contribution in [1.29, 1.82) is 0 Å². The van der Waals surface area contributed by atoms with Crippen molar-refractivity contribution in [2.45, 2.75) is 26.3 Å². The van der Waals surface area contributed by atoms with Crippen LogP contribution in [0.5, 0.6) is 0 Å². The van der Waals surface area contributed by atoms with Crippen LogP contribution in [-0.4, -0.2) is 48.2 Å². The largest absolute Gasteiger partial charge is 0.481 e. The first-order valence-electron chi connectivity index (χ1n) is 6.86. The lowest BCUT2D eigenvalue weighted by atomic mass is 10.1. The highest BCUT2D eigenvalue weighted by Crippen LogP contribution is 2.18. The van der Waals surface area contributed by atoms with Gasteiger partial charge in [-0.1, -0.05) is 12.1 Å². The monoisotopic (exact) mass is 262 g/mol. The van der Waals surface area contributed by atoms with Gasteiger partial charge in [-0.15, -0.1) is 0 Å². The maximum Gasteiger partial charge on any atom is 0.307 e. The van der Waals surface area contributed by atoms with Crippen molar-refractivity contribution in [2.24, 2.45) is 0 Å². The van der Waals surface area contributed by atoms with Crippen LogP contribution in [-0.2, 0) is 11.2 Å². The molecule has 2 rings (SSSR count). The Morgan fingerprint density at radius 1 is 1.16 bits per heavy atom. The number of piperazine rings is 1. The molecule has 0 unspecified atom stereocenters. The lowest BCUT2D eigenvalue weighted by Crippen LogP contribution is -2.48. The van der Waals surface area contributed by atoms with Gasteiger partial charge in [-0.25, -0.2) is 0 Å². The van der Waals surface area contributed by atoms with Gasteiger partial charge in [0.15, 0.2) is 0 Å². The van der Waals surface area contributed by atoms with Crippen LogP contribution in [0, 0.1) is 0 Å². The minimum Gasteiger partial charge on any atom is -0.481 e. The second-order valence-electron chi connectivity index (χ2n) is 5.35. The van der Waals surface area contributed by atoms with E-state index < -0.39 is 5.97 Å². The summed E-state index contributed by atoms with van der Waals surface area (Å²) in [6.07, 6.45) is 0.0986. The third kappa shape index (κ3) is 3.70. The lowest BCUT2D eigenvalue weighted by Gasteiger charge is -2.38. The van der Waals surface area contributed by atoms with Gasteiger partial charge in [-0.3, -0.25) is 9.69 Å². The van der Waals surface area contributed by atoms with Gasteiger partial charge in [-0.2, -0.15) is 0 Å². The van der Waals surface area contributed by atoms with Crippen LogP contribution < -0.4 is 4.90 Å². The summed E-state index contributed by atoms with van der Waals surface area (Å²) in [4.78, 5) is 15.5. The molecule has 1 aromatic carbocycles. The van der Waals surface area contributed by atoms with E-state index in [4.69, 9.17) is 5.11 Å². The third-order valence-electron chi connectivity index (χ3n) is 3.70. The summed E-state index contributed by atoms with van der Waals surface area (Å²) in [5.74, 6) is -0.779. The molecule has 0 radical (unpaired) electrons. The first-order chi connectivity index (χ1) is 9.06. The quantitative estimate of drug-likeness (QED) is 0.899. The average molecular weight is 262 g/mol. The molecule has 0 aromatic heterocycles. The van der Waals surface area contributed by atoms with Gasteiger partial charge in [0.1, 0.15) is 0 Å². The second-order valence-corrected chi connectivity index (χ2v) is 5.35. The Balaban J connectivity index is 1.94. The normalized spacial score (nSPS) is 16.9. The molecular weight excluding hydrogens is 240 g/mol. The minimum absolute atomic E-state index is 0.0986. The zero-order valence-electron chi connectivity index (χ0n) is 11.7. The zero-order chi connectivity index (χ0) is 13.8. The molecule has 4 nitrogen and oxygen atoms in total. The number of carbonyl (C=O) groups is 1. The van der Waals surface area contributed by atoms with Crippen molar-refractivity contribution in [1.82, 2.24) is 4.90 Å². The molecule has 0 atom stereocenters. The molecule has 1 heterocycles. The van der Waals surface area contributed by atoms with Gasteiger partial charge >= 0.3 is 5.97 Å². The predicted octanol–water partition coefficient (Wildman–Crippen LogP) is 1.84. The van der Waals surface area contributed by atoms with Crippen molar-refractivity contribution in [3.8, 4) is 0 Å². The highest BCUT2D eigenvalue weighted by atomic mass is 16.4. The van der Waals surface area contributed by atoms with Crippen LogP contribution in [0.2, 0.25) is 0 Å². The van der Waals surface area contributed by atoms with E-state index in [0.717, 1.165) is 31.7 Å². The Labute approximate surface area is 114 Å². The number of aliphatic carboxylic acids is 1. The summed E-state index contributed by atoms with van der Waals surface area (Å²) in [5.41, 5.74) is 2.05. The fourth-order valence-electron chi connectivity index (χ4n) is 2.50. The number of carboxylic acid groups (broad SMARTS) is 1. The van der Waals surface area contributed by atoms with E-state index in [0.29, 0.717) is 6.04 Å². The van der Waals surface area contributed by atoms with Gasteiger partial charge in [0, 0.05) is 37.9 Å². The summed E-state index contributed by atoms with van der Waals surface area (Å²) >= 11 is 0. The smallest absolute Gasteiger partial charge is 0.307 e. The molecule has 1 aliphatic rings. The Kier molecular flexibility index (Phi) is 4.43. The number of benzene rings is 1. The number of rotatable bonds is 4. The van der Waals surface area contributed by atoms with Crippen molar-refractivity contribution in [3.63, 3.8) is 0 Å². The highest BCUT2D eigenvalue weighted by molar-refractivity contribution is 5.70. The number of carboxylic acids is 1. The number of hydrogen-bond donors (Lipinski definition) is 1. The van der Waals surface area contributed by atoms with Crippen LogP contribution in [0.3, 0.4) is 0 Å². The van der Waals surface area contributed by atoms with E-state index in [1.165, 1.54) is 5.69 Å². The van der Waals surface area contributed by atoms with E-state index in [-0.39, 0.29) is 6.42 Å². The molecule has 1 saturated heterocycles. The first kappa shape index (κ1) is 13.9. The SMILES string of the molecule is CC(C)N1CCN(c2ccc(CC(=O)O)cc2)CC1. The third-order valence-corrected chi connectivity index (χ3v) is 3.70. The van der Waals surface area contributed by atoms with Crippen LogP contribution >= 0.6 is 0 Å². The van der Waals surface area contributed by atoms with Crippen molar-refractivity contribution in [2.75, 3.05) is 31.1 Å². The molecular formula is C15H22N2O2. The molecule has 104 valence electrons. The minimum atomic E-state index is -0.779. The number of nitrogens with zero attached hydrogens (tertiary/aromatic N) is 2. The van der Waals surface area contributed by atoms with E-state index in [1.807, 2.05) is 24.3 Å². The molecule has 0 aliphatic carbocycles. The van der Waals surface area contributed by atoms with Crippen LogP contribution in [0.15, 0.2) is 24.3 Å². The molecule has 1 N–H and O–H groups in total. The molecule has 4 heteroatoms. The van der Waals surface area contributed by atoms with Crippen LogP contribution in [0.4, 0.5) is 5.69 Å². The average Bonchev–Trinajstić information content (AvgIpc) is 2.39. The van der Waals surface area contributed by atoms with Crippen LogP contribution in [0.1, 0.15) is 19.4 Å². The Morgan fingerprint density at radius 2 is 1.74 bits per heavy atom. The van der Waals surface area contributed by atoms with E-state index in [2.05, 4.69) is 23.6 Å². The fraction of sp³-hybridized carbons (Fsp3) is 0.533. The van der Waals surface area contributed by atoms with Crippen molar-refractivity contribution >= 4 is 11.7 Å². The summed E-state index contributed by atoms with van der Waals surface area (Å²) in [6, 6.07) is 8.50. The summed E-state index contributed by atoms with van der Waals surface area (Å²) in [5, 5.41) is 8.75. The molecule has 0 amide bonds. The van der Waals surface area contributed by atoms with Crippen molar-refractivity contribution in [3.05, 3.63) is 29.8 Å². The molecule has 19 heavy (non-hydrogen) atoms. The van der Waals surface area contributed by atoms with Gasteiger partial charge < -0.3 is 10.0 Å². The first-order valence-corrected chi connectivity index (χ1v) is 6.86. The van der Waals surface area contributed by atoms with Gasteiger partial charge in [0.05, 0.1) is 6.42 Å². The summed E-state index contributed by atoms with van der Waals surface area (Å²) in [6.45, 7) is 8.72. The topological polar surface area (TPSA) is 43.8 Å². The van der Waals surface area contributed by atoms with Gasteiger partial charge in [0.2, 0.25) is 0 Å². The molecule has 1 fully saturated rings. The summed E-state index contributed by atoms with van der Waals surface area (Å²) in [7, 11) is 0. The second kappa shape index (κ2) is 6.06. The molecule has 1 aromatic rings. The molecule has 0 spiro atoms. The fourth-order valence-corrected chi connectivity index (χ4v) is 2.50. The van der Waals surface area contributed by atoms with E-state index in [1.54, 1.807) is 0 Å². The Bertz CT molecular complexity index is 420. The molecule has 0 bridgehead atoms. The highest BCUT2D eigenvalue weighted by Gasteiger charge is 2.18. The van der Waals surface area contributed by atoms with Crippen LogP contribution in [0.25, 0.3) is 0 Å². The number of anilines is 1. The van der Waals surface area contributed by atoms with E-state index >= 15 is 0 Å². The summed E-state index contributed by atoms with van der Waals surface area (Å²) < 4.78 is 0. The Morgan fingerprint density at radius 3 is 2.21 bits per heavy atom. The predicted molar refractivity (Wildman–Crippen MR) is 76.7 cm³/mol.